The zero-order chi connectivity index (χ0) is 21.1. The van der Waals surface area contributed by atoms with Crippen molar-refractivity contribution in [2.75, 3.05) is 31.1 Å². The Bertz CT molecular complexity index is 1010. The first-order valence-corrected chi connectivity index (χ1v) is 10.6. The summed E-state index contributed by atoms with van der Waals surface area (Å²) < 4.78 is 0. The van der Waals surface area contributed by atoms with Gasteiger partial charge in [-0.2, -0.15) is 0 Å². The van der Waals surface area contributed by atoms with E-state index in [1.165, 1.54) is 0 Å². The molecular weight excluding hydrogens is 372 g/mol. The number of amides is 1. The van der Waals surface area contributed by atoms with E-state index in [-0.39, 0.29) is 5.91 Å². The third-order valence-corrected chi connectivity index (χ3v) is 5.50. The van der Waals surface area contributed by atoms with Crippen molar-refractivity contribution in [1.82, 2.24) is 14.9 Å². The van der Waals surface area contributed by atoms with E-state index in [9.17, 15) is 4.79 Å². The van der Waals surface area contributed by atoms with Crippen LogP contribution in [0.5, 0.6) is 0 Å². The van der Waals surface area contributed by atoms with E-state index in [0.717, 1.165) is 47.1 Å². The molecule has 5 nitrogen and oxygen atoms in total. The number of nitrogens with zero attached hydrogens (tertiary/aromatic N) is 4. The Morgan fingerprint density at radius 3 is 2.13 bits per heavy atom. The van der Waals surface area contributed by atoms with Crippen molar-refractivity contribution in [1.29, 1.82) is 0 Å². The molecule has 30 heavy (non-hydrogen) atoms. The minimum absolute atomic E-state index is 0.0935. The van der Waals surface area contributed by atoms with Crippen molar-refractivity contribution >= 4 is 11.7 Å². The normalized spacial score (nSPS) is 14.3. The molecule has 0 N–H and O–H groups in total. The SMILES string of the molecule is Cc1cc(N2CCN(C(=O)c3ccc(-c4ccccc4)cc3)CC2)nc(C(C)C)n1. The van der Waals surface area contributed by atoms with E-state index in [1.54, 1.807) is 0 Å². The maximum Gasteiger partial charge on any atom is 0.253 e. The Morgan fingerprint density at radius 2 is 1.50 bits per heavy atom. The fourth-order valence-electron chi connectivity index (χ4n) is 3.75. The fraction of sp³-hybridized carbons (Fsp3) is 0.320. The summed E-state index contributed by atoms with van der Waals surface area (Å²) in [5.41, 5.74) is 4.01. The maximum absolute atomic E-state index is 13.0. The molecule has 4 rings (SSSR count). The van der Waals surface area contributed by atoms with Gasteiger partial charge < -0.3 is 9.80 Å². The van der Waals surface area contributed by atoms with Gasteiger partial charge in [0.15, 0.2) is 0 Å². The Balaban J connectivity index is 1.41. The lowest BCUT2D eigenvalue weighted by molar-refractivity contribution is 0.0746. The number of aromatic nitrogens is 2. The van der Waals surface area contributed by atoms with Gasteiger partial charge in [0.1, 0.15) is 11.6 Å². The molecule has 0 atom stereocenters. The highest BCUT2D eigenvalue weighted by Crippen LogP contribution is 2.22. The summed E-state index contributed by atoms with van der Waals surface area (Å²) in [7, 11) is 0. The van der Waals surface area contributed by atoms with Gasteiger partial charge in [0.2, 0.25) is 0 Å². The Kier molecular flexibility index (Phi) is 5.79. The minimum atomic E-state index is 0.0935. The van der Waals surface area contributed by atoms with Crippen molar-refractivity contribution in [3.8, 4) is 11.1 Å². The average molecular weight is 401 g/mol. The lowest BCUT2D eigenvalue weighted by Gasteiger charge is -2.35. The van der Waals surface area contributed by atoms with E-state index in [2.05, 4.69) is 35.9 Å². The number of rotatable bonds is 4. The molecule has 0 unspecified atom stereocenters. The maximum atomic E-state index is 13.0. The molecule has 2 heterocycles. The van der Waals surface area contributed by atoms with Crippen LogP contribution in [0, 0.1) is 6.92 Å². The predicted molar refractivity (Wildman–Crippen MR) is 121 cm³/mol. The molecule has 0 spiro atoms. The molecular formula is C25H28N4O. The molecule has 1 amide bonds. The largest absolute Gasteiger partial charge is 0.353 e. The first-order chi connectivity index (χ1) is 14.5. The predicted octanol–water partition coefficient (Wildman–Crippen LogP) is 4.54. The van der Waals surface area contributed by atoms with Crippen LogP contribution in [0.4, 0.5) is 5.82 Å². The summed E-state index contributed by atoms with van der Waals surface area (Å²) in [5, 5.41) is 0. The molecule has 1 fully saturated rings. The number of hydrogen-bond donors (Lipinski definition) is 0. The first-order valence-electron chi connectivity index (χ1n) is 10.6. The summed E-state index contributed by atoms with van der Waals surface area (Å²) >= 11 is 0. The summed E-state index contributed by atoms with van der Waals surface area (Å²) in [6, 6.07) is 20.2. The molecule has 5 heteroatoms. The first kappa shape index (κ1) is 20.1. The van der Waals surface area contributed by atoms with Gasteiger partial charge in [-0.1, -0.05) is 56.3 Å². The average Bonchev–Trinajstić information content (AvgIpc) is 2.79. The van der Waals surface area contributed by atoms with Crippen molar-refractivity contribution in [3.05, 3.63) is 77.7 Å². The van der Waals surface area contributed by atoms with Gasteiger partial charge in [0, 0.05) is 49.4 Å². The second-order valence-electron chi connectivity index (χ2n) is 8.10. The molecule has 0 bridgehead atoms. The second-order valence-corrected chi connectivity index (χ2v) is 8.10. The highest BCUT2D eigenvalue weighted by molar-refractivity contribution is 5.94. The van der Waals surface area contributed by atoms with Gasteiger partial charge in [-0.15, -0.1) is 0 Å². The Labute approximate surface area is 178 Å². The van der Waals surface area contributed by atoms with Crippen molar-refractivity contribution < 1.29 is 4.79 Å². The van der Waals surface area contributed by atoms with E-state index in [0.29, 0.717) is 19.0 Å². The van der Waals surface area contributed by atoms with Crippen LogP contribution < -0.4 is 4.90 Å². The number of anilines is 1. The lowest BCUT2D eigenvalue weighted by atomic mass is 10.0. The lowest BCUT2D eigenvalue weighted by Crippen LogP contribution is -2.49. The highest BCUT2D eigenvalue weighted by Gasteiger charge is 2.23. The van der Waals surface area contributed by atoms with Crippen molar-refractivity contribution in [2.24, 2.45) is 0 Å². The Hall–Kier alpha value is -3.21. The molecule has 0 saturated carbocycles. The van der Waals surface area contributed by atoms with Crippen LogP contribution in [0.3, 0.4) is 0 Å². The topological polar surface area (TPSA) is 49.3 Å². The zero-order valence-corrected chi connectivity index (χ0v) is 17.9. The van der Waals surface area contributed by atoms with Crippen LogP contribution in [0.2, 0.25) is 0 Å². The molecule has 1 aliphatic heterocycles. The van der Waals surface area contributed by atoms with E-state index in [4.69, 9.17) is 4.98 Å². The number of carbonyl (C=O) groups is 1. The Morgan fingerprint density at radius 1 is 0.867 bits per heavy atom. The standard InChI is InChI=1S/C25H28N4O/c1-18(2)24-26-19(3)17-23(27-24)28-13-15-29(16-14-28)25(30)22-11-9-21(10-12-22)20-7-5-4-6-8-20/h4-12,17-18H,13-16H2,1-3H3. The third kappa shape index (κ3) is 4.35. The monoisotopic (exact) mass is 400 g/mol. The third-order valence-electron chi connectivity index (χ3n) is 5.50. The van der Waals surface area contributed by atoms with Gasteiger partial charge in [-0.3, -0.25) is 4.79 Å². The number of benzene rings is 2. The van der Waals surface area contributed by atoms with Gasteiger partial charge >= 0.3 is 0 Å². The summed E-state index contributed by atoms with van der Waals surface area (Å²) in [5.74, 6) is 2.23. The van der Waals surface area contributed by atoms with E-state index < -0.39 is 0 Å². The number of piperazine rings is 1. The van der Waals surface area contributed by atoms with Gasteiger partial charge in [-0.25, -0.2) is 9.97 Å². The smallest absolute Gasteiger partial charge is 0.253 e. The summed E-state index contributed by atoms with van der Waals surface area (Å²) in [4.78, 5) is 26.4. The van der Waals surface area contributed by atoms with Gasteiger partial charge in [0.25, 0.3) is 5.91 Å². The van der Waals surface area contributed by atoms with Crippen LogP contribution in [0.25, 0.3) is 11.1 Å². The molecule has 0 aliphatic carbocycles. The van der Waals surface area contributed by atoms with Crippen molar-refractivity contribution in [3.63, 3.8) is 0 Å². The molecule has 1 aromatic heterocycles. The summed E-state index contributed by atoms with van der Waals surface area (Å²) in [6.07, 6.45) is 0. The van der Waals surface area contributed by atoms with Crippen LogP contribution in [0.15, 0.2) is 60.7 Å². The van der Waals surface area contributed by atoms with Crippen molar-refractivity contribution in [2.45, 2.75) is 26.7 Å². The molecule has 1 saturated heterocycles. The summed E-state index contributed by atoms with van der Waals surface area (Å²) in [6.45, 7) is 9.18. The van der Waals surface area contributed by atoms with E-state index in [1.807, 2.05) is 60.4 Å². The van der Waals surface area contributed by atoms with E-state index >= 15 is 0 Å². The van der Waals surface area contributed by atoms with Crippen LogP contribution in [0.1, 0.15) is 41.6 Å². The molecule has 1 aliphatic rings. The fourth-order valence-corrected chi connectivity index (χ4v) is 3.75. The zero-order valence-electron chi connectivity index (χ0n) is 17.9. The quantitative estimate of drug-likeness (QED) is 0.645. The number of carbonyl (C=O) groups excluding carboxylic acids is 1. The van der Waals surface area contributed by atoms with Gasteiger partial charge in [0.05, 0.1) is 0 Å². The van der Waals surface area contributed by atoms with Crippen LogP contribution in [-0.4, -0.2) is 47.0 Å². The minimum Gasteiger partial charge on any atom is -0.353 e. The van der Waals surface area contributed by atoms with Crippen LogP contribution >= 0.6 is 0 Å². The van der Waals surface area contributed by atoms with Gasteiger partial charge in [-0.05, 0) is 30.2 Å². The molecule has 154 valence electrons. The molecule has 2 aromatic carbocycles. The number of aryl methyl sites for hydroxylation is 1. The second kappa shape index (κ2) is 8.66. The van der Waals surface area contributed by atoms with Crippen LogP contribution in [-0.2, 0) is 0 Å². The molecule has 0 radical (unpaired) electrons. The molecule has 3 aromatic rings. The number of hydrogen-bond acceptors (Lipinski definition) is 4. The highest BCUT2D eigenvalue weighted by atomic mass is 16.2.